The van der Waals surface area contributed by atoms with Gasteiger partial charge in [0, 0.05) is 18.2 Å². The Morgan fingerprint density at radius 3 is 2.38 bits per heavy atom. The third kappa shape index (κ3) is 5.06. The molecule has 2 aromatic rings. The minimum absolute atomic E-state index is 0.233. The molecule has 2 atom stereocenters. The summed E-state index contributed by atoms with van der Waals surface area (Å²) < 4.78 is 14.7. The maximum atomic E-state index is 14.7. The van der Waals surface area contributed by atoms with E-state index in [1.165, 1.54) is 11.6 Å². The van der Waals surface area contributed by atoms with E-state index in [4.69, 9.17) is 0 Å². The first-order chi connectivity index (χ1) is 14.1. The van der Waals surface area contributed by atoms with E-state index in [2.05, 4.69) is 55.1 Å². The first kappa shape index (κ1) is 21.5. The average molecular weight is 393 g/mol. The van der Waals surface area contributed by atoms with Crippen LogP contribution in [-0.4, -0.2) is 17.5 Å². The topological polar surface area (TPSA) is 27.0 Å². The first-order valence-corrected chi connectivity index (χ1v) is 11.1. The highest BCUT2D eigenvalue weighted by Gasteiger charge is 2.48. The van der Waals surface area contributed by atoms with Crippen LogP contribution < -0.4 is 0 Å². The molecule has 1 aliphatic carbocycles. The molecule has 0 saturated heterocycles. The highest BCUT2D eigenvalue weighted by atomic mass is 19.1. The molecule has 0 amide bonds. The quantitative estimate of drug-likeness (QED) is 0.438. The Morgan fingerprint density at radius 2 is 1.79 bits per heavy atom. The van der Waals surface area contributed by atoms with Crippen molar-refractivity contribution in [3.05, 3.63) is 71.5 Å². The van der Waals surface area contributed by atoms with E-state index in [9.17, 15) is 9.65 Å². The zero-order chi connectivity index (χ0) is 20.7. The van der Waals surface area contributed by atoms with Gasteiger partial charge in [0.25, 0.3) is 0 Å². The normalized spacial score (nSPS) is 16.9. The summed E-state index contributed by atoms with van der Waals surface area (Å²) in [4.78, 5) is 2.55. The van der Waals surface area contributed by atoms with Gasteiger partial charge in [0.05, 0.1) is 11.5 Å². The van der Waals surface area contributed by atoms with Crippen molar-refractivity contribution in [1.82, 2.24) is 4.90 Å². The number of hydrogen-bond acceptors (Lipinski definition) is 2. The fourth-order valence-electron chi connectivity index (χ4n) is 4.70. The summed E-state index contributed by atoms with van der Waals surface area (Å²) in [7, 11) is 0. The lowest BCUT2D eigenvalue weighted by Crippen LogP contribution is -2.37. The molecule has 154 valence electrons. The molecule has 1 aliphatic rings. The maximum Gasteiger partial charge on any atom is 0.128 e. The van der Waals surface area contributed by atoms with Crippen molar-refractivity contribution in [2.24, 2.45) is 5.92 Å². The second-order valence-electron chi connectivity index (χ2n) is 8.39. The minimum Gasteiger partial charge on any atom is -0.296 e. The van der Waals surface area contributed by atoms with Crippen LogP contribution in [0.2, 0.25) is 0 Å². The van der Waals surface area contributed by atoms with E-state index in [1.807, 2.05) is 12.1 Å². The molecule has 3 heteroatoms. The molecule has 2 unspecified atom stereocenters. The van der Waals surface area contributed by atoms with Crippen molar-refractivity contribution in [2.45, 2.75) is 70.4 Å². The second kappa shape index (κ2) is 10.0. The number of nitrogens with zero attached hydrogens (tertiary/aromatic N) is 2. The van der Waals surface area contributed by atoms with Gasteiger partial charge in [0.15, 0.2) is 0 Å². The lowest BCUT2D eigenvalue weighted by atomic mass is 9.72. The highest BCUT2D eigenvalue weighted by molar-refractivity contribution is 5.36. The Bertz CT molecular complexity index is 809. The molecule has 1 fully saturated rings. The van der Waals surface area contributed by atoms with Gasteiger partial charge in [-0.25, -0.2) is 4.39 Å². The summed E-state index contributed by atoms with van der Waals surface area (Å²) in [5, 5.41) is 10.2. The Kier molecular flexibility index (Phi) is 7.45. The van der Waals surface area contributed by atoms with Gasteiger partial charge >= 0.3 is 0 Å². The molecule has 0 aromatic heterocycles. The summed E-state index contributed by atoms with van der Waals surface area (Å²) in [5.74, 6) is 0.0550. The SMILES string of the molecule is CCCN(Cc1ccccc1)C(CC)CCC(C#N)(c1ccccc1F)C1CC1. The molecule has 0 N–H and O–H groups in total. The van der Waals surface area contributed by atoms with Gasteiger partial charge in [-0.3, -0.25) is 4.90 Å². The van der Waals surface area contributed by atoms with Crippen molar-refractivity contribution in [3.8, 4) is 6.07 Å². The first-order valence-electron chi connectivity index (χ1n) is 11.1. The van der Waals surface area contributed by atoms with Gasteiger partial charge in [0.2, 0.25) is 0 Å². The van der Waals surface area contributed by atoms with E-state index in [0.717, 1.165) is 51.6 Å². The maximum absolute atomic E-state index is 14.7. The van der Waals surface area contributed by atoms with E-state index >= 15 is 0 Å². The molecule has 0 heterocycles. The van der Waals surface area contributed by atoms with Crippen LogP contribution in [0.5, 0.6) is 0 Å². The fourth-order valence-corrected chi connectivity index (χ4v) is 4.70. The van der Waals surface area contributed by atoms with Crippen LogP contribution in [0.4, 0.5) is 4.39 Å². The van der Waals surface area contributed by atoms with Gasteiger partial charge in [-0.1, -0.05) is 62.4 Å². The van der Waals surface area contributed by atoms with Crippen molar-refractivity contribution in [3.63, 3.8) is 0 Å². The summed E-state index contributed by atoms with van der Waals surface area (Å²) in [6.45, 7) is 6.41. The molecule has 0 aliphatic heterocycles. The van der Waals surface area contributed by atoms with E-state index in [1.54, 1.807) is 6.07 Å². The van der Waals surface area contributed by atoms with Crippen molar-refractivity contribution < 1.29 is 4.39 Å². The van der Waals surface area contributed by atoms with E-state index < -0.39 is 5.41 Å². The lowest BCUT2D eigenvalue weighted by molar-refractivity contribution is 0.162. The van der Waals surface area contributed by atoms with E-state index in [-0.39, 0.29) is 11.7 Å². The summed E-state index contributed by atoms with van der Waals surface area (Å²) >= 11 is 0. The molecule has 3 rings (SSSR count). The zero-order valence-electron chi connectivity index (χ0n) is 17.8. The van der Waals surface area contributed by atoms with Crippen LogP contribution in [0.25, 0.3) is 0 Å². The minimum atomic E-state index is -0.691. The van der Waals surface area contributed by atoms with Crippen LogP contribution in [0.15, 0.2) is 54.6 Å². The molecule has 1 saturated carbocycles. The van der Waals surface area contributed by atoms with Gasteiger partial charge in [-0.15, -0.1) is 0 Å². The zero-order valence-corrected chi connectivity index (χ0v) is 17.8. The predicted octanol–water partition coefficient (Wildman–Crippen LogP) is 6.47. The molecular weight excluding hydrogens is 359 g/mol. The van der Waals surface area contributed by atoms with Crippen molar-refractivity contribution in [1.29, 1.82) is 5.26 Å². The standard InChI is InChI=1S/C26H33FN2/c1-3-18-29(19-21-10-6-5-7-11-21)23(4-2)16-17-26(20-28,22-14-15-22)24-12-8-9-13-25(24)27/h5-13,22-23H,3-4,14-19H2,1-2H3. The van der Waals surface area contributed by atoms with Crippen LogP contribution in [0.3, 0.4) is 0 Å². The monoisotopic (exact) mass is 392 g/mol. The summed E-state index contributed by atoms with van der Waals surface area (Å²) in [5.41, 5.74) is 1.23. The van der Waals surface area contributed by atoms with Crippen LogP contribution >= 0.6 is 0 Å². The van der Waals surface area contributed by atoms with Gasteiger partial charge < -0.3 is 0 Å². The summed E-state index contributed by atoms with van der Waals surface area (Å²) in [6, 6.07) is 20.5. The Balaban J connectivity index is 1.79. The number of benzene rings is 2. The molecule has 0 spiro atoms. The van der Waals surface area contributed by atoms with Crippen LogP contribution in [0, 0.1) is 23.1 Å². The van der Waals surface area contributed by atoms with E-state index in [0.29, 0.717) is 11.6 Å². The average Bonchev–Trinajstić information content (AvgIpc) is 3.59. The molecule has 29 heavy (non-hydrogen) atoms. The molecular formula is C26H33FN2. The van der Waals surface area contributed by atoms with Crippen molar-refractivity contribution in [2.75, 3.05) is 6.54 Å². The molecule has 2 nitrogen and oxygen atoms in total. The number of hydrogen-bond donors (Lipinski definition) is 0. The Labute approximate surface area is 175 Å². The number of halogens is 1. The number of rotatable bonds is 11. The van der Waals surface area contributed by atoms with Crippen LogP contribution in [0.1, 0.15) is 63.5 Å². The van der Waals surface area contributed by atoms with Crippen molar-refractivity contribution >= 4 is 0 Å². The second-order valence-corrected chi connectivity index (χ2v) is 8.39. The molecule has 2 aromatic carbocycles. The highest BCUT2D eigenvalue weighted by Crippen LogP contribution is 2.50. The Hall–Kier alpha value is -2.18. The van der Waals surface area contributed by atoms with Crippen LogP contribution in [-0.2, 0) is 12.0 Å². The molecule has 0 bridgehead atoms. The fraction of sp³-hybridized carbons (Fsp3) is 0.500. The van der Waals surface area contributed by atoms with Gasteiger partial charge in [0.1, 0.15) is 5.82 Å². The van der Waals surface area contributed by atoms with Gasteiger partial charge in [-0.05, 0) is 62.6 Å². The lowest BCUT2D eigenvalue weighted by Gasteiger charge is -2.34. The Morgan fingerprint density at radius 1 is 1.10 bits per heavy atom. The largest absolute Gasteiger partial charge is 0.296 e. The smallest absolute Gasteiger partial charge is 0.128 e. The third-order valence-electron chi connectivity index (χ3n) is 6.43. The van der Waals surface area contributed by atoms with Gasteiger partial charge in [-0.2, -0.15) is 5.26 Å². The summed E-state index contributed by atoms with van der Waals surface area (Å²) in [6.07, 6.45) is 5.84. The predicted molar refractivity (Wildman–Crippen MR) is 117 cm³/mol. The third-order valence-corrected chi connectivity index (χ3v) is 6.43. The molecule has 0 radical (unpaired) electrons. The number of nitriles is 1.